The molecule has 5 nitrogen and oxygen atoms in total. The molecule has 1 saturated heterocycles. The number of hydrogen-bond donors (Lipinski definition) is 0. The van der Waals surface area contributed by atoms with Crippen LogP contribution in [0.1, 0.15) is 5.56 Å². The standard InChI is InChI=1S/C23H15BrFN3O2/c24-15-12-10-14(11-13-15)20-19-21(28(26-20)16-6-2-1-3-7-16)23(30)27(22(19)29)18-9-5-4-8-17(18)25/h1-13,19,21H/t19-,21+/m1/s1. The molecule has 148 valence electrons. The summed E-state index contributed by atoms with van der Waals surface area (Å²) in [6.45, 7) is 0. The number of carbonyl (C=O) groups is 2. The highest BCUT2D eigenvalue weighted by atomic mass is 79.9. The highest BCUT2D eigenvalue weighted by Gasteiger charge is 2.57. The molecule has 2 aliphatic heterocycles. The molecule has 7 heteroatoms. The van der Waals surface area contributed by atoms with Gasteiger partial charge in [0.15, 0.2) is 0 Å². The molecule has 2 heterocycles. The van der Waals surface area contributed by atoms with Crippen molar-refractivity contribution in [2.75, 3.05) is 9.91 Å². The van der Waals surface area contributed by atoms with Crippen LogP contribution in [0.15, 0.2) is 88.4 Å². The molecule has 30 heavy (non-hydrogen) atoms. The van der Waals surface area contributed by atoms with Gasteiger partial charge in [-0.05, 0) is 42.0 Å². The molecule has 5 rings (SSSR count). The topological polar surface area (TPSA) is 53.0 Å². The maximum Gasteiger partial charge on any atom is 0.260 e. The number of halogens is 2. The second-order valence-corrected chi connectivity index (χ2v) is 7.97. The number of rotatable bonds is 3. The van der Waals surface area contributed by atoms with Crippen molar-refractivity contribution in [3.8, 4) is 0 Å². The van der Waals surface area contributed by atoms with Gasteiger partial charge in [0.05, 0.1) is 17.1 Å². The minimum atomic E-state index is -0.863. The van der Waals surface area contributed by atoms with Crippen LogP contribution >= 0.6 is 15.9 Å². The number of hydrazone groups is 1. The molecule has 1 fully saturated rings. The Hall–Kier alpha value is -3.32. The minimum Gasteiger partial charge on any atom is -0.273 e. The maximum absolute atomic E-state index is 14.5. The smallest absolute Gasteiger partial charge is 0.260 e. The summed E-state index contributed by atoms with van der Waals surface area (Å²) in [6, 6.07) is 21.5. The number of para-hydroxylation sites is 2. The number of imide groups is 1. The fraction of sp³-hybridized carbons (Fsp3) is 0.0870. The first-order valence-corrected chi connectivity index (χ1v) is 10.2. The van der Waals surface area contributed by atoms with Gasteiger partial charge in [0.2, 0.25) is 5.91 Å². The van der Waals surface area contributed by atoms with Crippen LogP contribution in [0.5, 0.6) is 0 Å². The van der Waals surface area contributed by atoms with Crippen molar-refractivity contribution >= 4 is 44.8 Å². The van der Waals surface area contributed by atoms with Crippen LogP contribution in [-0.2, 0) is 9.59 Å². The predicted molar refractivity (Wildman–Crippen MR) is 116 cm³/mol. The van der Waals surface area contributed by atoms with E-state index in [1.165, 1.54) is 18.2 Å². The molecule has 3 aromatic rings. The number of carbonyl (C=O) groups excluding carboxylic acids is 2. The fourth-order valence-corrected chi connectivity index (χ4v) is 4.20. The fourth-order valence-electron chi connectivity index (χ4n) is 3.94. The zero-order valence-electron chi connectivity index (χ0n) is 15.6. The summed E-state index contributed by atoms with van der Waals surface area (Å²) in [7, 11) is 0. The SMILES string of the molecule is O=C1[C@@H]2C(c3ccc(Br)cc3)=NN(c3ccccc3)[C@@H]2C(=O)N1c1ccccc1F. The maximum atomic E-state index is 14.5. The van der Waals surface area contributed by atoms with Crippen molar-refractivity contribution in [1.29, 1.82) is 0 Å². The highest BCUT2D eigenvalue weighted by Crippen LogP contribution is 2.39. The van der Waals surface area contributed by atoms with Gasteiger partial charge in [0, 0.05) is 4.47 Å². The Labute approximate surface area is 180 Å². The van der Waals surface area contributed by atoms with E-state index >= 15 is 0 Å². The number of anilines is 2. The van der Waals surface area contributed by atoms with Gasteiger partial charge in [-0.3, -0.25) is 14.6 Å². The number of fused-ring (bicyclic) bond motifs is 1. The Morgan fingerprint density at radius 3 is 2.20 bits per heavy atom. The third kappa shape index (κ3) is 2.85. The lowest BCUT2D eigenvalue weighted by molar-refractivity contribution is -0.121. The van der Waals surface area contributed by atoms with Crippen LogP contribution in [0.4, 0.5) is 15.8 Å². The zero-order valence-corrected chi connectivity index (χ0v) is 17.2. The monoisotopic (exact) mass is 463 g/mol. The van der Waals surface area contributed by atoms with Crippen LogP contribution in [0.25, 0.3) is 0 Å². The molecule has 0 N–H and O–H groups in total. The number of nitrogens with zero attached hydrogens (tertiary/aromatic N) is 3. The Kier molecular flexibility index (Phi) is 4.47. The van der Waals surface area contributed by atoms with Crippen LogP contribution in [0.3, 0.4) is 0 Å². The van der Waals surface area contributed by atoms with Crippen LogP contribution in [0, 0.1) is 11.7 Å². The summed E-state index contributed by atoms with van der Waals surface area (Å²) in [5.74, 6) is -2.41. The highest BCUT2D eigenvalue weighted by molar-refractivity contribution is 9.10. The number of amides is 2. The zero-order chi connectivity index (χ0) is 20.8. The predicted octanol–water partition coefficient (Wildman–Crippen LogP) is 4.37. The molecule has 0 aliphatic carbocycles. The molecule has 0 unspecified atom stereocenters. The van der Waals surface area contributed by atoms with Crippen molar-refractivity contribution in [3.63, 3.8) is 0 Å². The van der Waals surface area contributed by atoms with Crippen molar-refractivity contribution in [3.05, 3.63) is 94.7 Å². The van der Waals surface area contributed by atoms with Gasteiger partial charge in [0.1, 0.15) is 17.8 Å². The summed E-state index contributed by atoms with van der Waals surface area (Å²) in [5, 5.41) is 6.24. The van der Waals surface area contributed by atoms with Gasteiger partial charge in [0.25, 0.3) is 5.91 Å². The van der Waals surface area contributed by atoms with Gasteiger partial charge in [-0.25, -0.2) is 9.29 Å². The third-order valence-corrected chi connectivity index (χ3v) is 5.83. The van der Waals surface area contributed by atoms with E-state index in [9.17, 15) is 14.0 Å². The van der Waals surface area contributed by atoms with Gasteiger partial charge in [-0.15, -0.1) is 0 Å². The summed E-state index contributed by atoms with van der Waals surface area (Å²) in [4.78, 5) is 27.7. The van der Waals surface area contributed by atoms with Crippen molar-refractivity contribution < 1.29 is 14.0 Å². The van der Waals surface area contributed by atoms with E-state index in [2.05, 4.69) is 21.0 Å². The number of hydrogen-bond acceptors (Lipinski definition) is 4. The van der Waals surface area contributed by atoms with E-state index in [0.717, 1.165) is 14.9 Å². The Bertz CT molecular complexity index is 1180. The van der Waals surface area contributed by atoms with Crippen molar-refractivity contribution in [2.24, 2.45) is 11.0 Å². The van der Waals surface area contributed by atoms with E-state index in [0.29, 0.717) is 11.4 Å². The lowest BCUT2D eigenvalue weighted by Crippen LogP contribution is -2.39. The second kappa shape index (κ2) is 7.18. The molecule has 0 radical (unpaired) electrons. The summed E-state index contributed by atoms with van der Waals surface area (Å²) < 4.78 is 15.3. The van der Waals surface area contributed by atoms with Gasteiger partial charge < -0.3 is 0 Å². The largest absolute Gasteiger partial charge is 0.273 e. The summed E-state index contributed by atoms with van der Waals surface area (Å²) >= 11 is 3.41. The van der Waals surface area contributed by atoms with Crippen LogP contribution in [-0.4, -0.2) is 23.6 Å². The molecule has 2 amide bonds. The summed E-state index contributed by atoms with van der Waals surface area (Å²) in [5.41, 5.74) is 1.89. The lowest BCUT2D eigenvalue weighted by Gasteiger charge is -2.22. The van der Waals surface area contributed by atoms with Gasteiger partial charge >= 0.3 is 0 Å². The molecule has 0 saturated carbocycles. The van der Waals surface area contributed by atoms with Crippen LogP contribution < -0.4 is 9.91 Å². The Morgan fingerprint density at radius 1 is 0.833 bits per heavy atom. The van der Waals surface area contributed by atoms with Gasteiger partial charge in [-0.1, -0.05) is 58.4 Å². The molecule has 2 atom stereocenters. The summed E-state index contributed by atoms with van der Waals surface area (Å²) in [6.07, 6.45) is 0. The quantitative estimate of drug-likeness (QED) is 0.541. The molecule has 3 aromatic carbocycles. The molecule has 0 aromatic heterocycles. The second-order valence-electron chi connectivity index (χ2n) is 7.06. The average Bonchev–Trinajstić information content (AvgIpc) is 3.27. The van der Waals surface area contributed by atoms with Crippen molar-refractivity contribution in [2.45, 2.75) is 6.04 Å². The molecule has 2 aliphatic rings. The van der Waals surface area contributed by atoms with E-state index in [-0.39, 0.29) is 5.69 Å². The normalized spacial score (nSPS) is 20.5. The van der Waals surface area contributed by atoms with Gasteiger partial charge in [-0.2, -0.15) is 5.10 Å². The first-order valence-electron chi connectivity index (χ1n) is 9.37. The molecule has 0 spiro atoms. The van der Waals surface area contributed by atoms with E-state index < -0.39 is 29.6 Å². The van der Waals surface area contributed by atoms with E-state index in [4.69, 9.17) is 0 Å². The first-order chi connectivity index (χ1) is 14.6. The molecular weight excluding hydrogens is 449 g/mol. The minimum absolute atomic E-state index is 0.0370. The lowest BCUT2D eigenvalue weighted by atomic mass is 9.93. The first kappa shape index (κ1) is 18.7. The third-order valence-electron chi connectivity index (χ3n) is 5.30. The van der Waals surface area contributed by atoms with E-state index in [1.807, 2.05) is 54.6 Å². The number of benzene rings is 3. The average molecular weight is 464 g/mol. The molecule has 0 bridgehead atoms. The van der Waals surface area contributed by atoms with Crippen molar-refractivity contribution in [1.82, 2.24) is 0 Å². The Morgan fingerprint density at radius 2 is 1.50 bits per heavy atom. The Balaban J connectivity index is 1.65. The molecular formula is C23H15BrFN3O2. The van der Waals surface area contributed by atoms with E-state index in [1.54, 1.807) is 11.1 Å². The van der Waals surface area contributed by atoms with Crippen LogP contribution in [0.2, 0.25) is 0 Å².